The lowest BCUT2D eigenvalue weighted by Crippen LogP contribution is -2.29. The first-order valence-corrected chi connectivity index (χ1v) is 8.21. The van der Waals surface area contributed by atoms with Crippen LogP contribution in [0.2, 0.25) is 0 Å². The molecule has 0 aromatic heterocycles. The first-order chi connectivity index (χ1) is 9.66. The van der Waals surface area contributed by atoms with Crippen molar-refractivity contribution in [1.29, 1.82) is 0 Å². The van der Waals surface area contributed by atoms with Crippen LogP contribution in [-0.2, 0) is 6.54 Å². The molecule has 0 atom stereocenters. The molecule has 0 bridgehead atoms. The fourth-order valence-corrected chi connectivity index (χ4v) is 3.26. The third kappa shape index (κ3) is 4.60. The minimum atomic E-state index is -0.884. The lowest BCUT2D eigenvalue weighted by atomic mass is 9.96. The Bertz CT molecular complexity index is 454. The van der Waals surface area contributed by atoms with Gasteiger partial charge in [-0.25, -0.2) is 4.79 Å². The third-order valence-electron chi connectivity index (χ3n) is 3.99. The van der Waals surface area contributed by atoms with E-state index in [-0.39, 0.29) is 0 Å². The van der Waals surface area contributed by atoms with Crippen molar-refractivity contribution in [2.24, 2.45) is 0 Å². The van der Waals surface area contributed by atoms with E-state index in [0.29, 0.717) is 11.6 Å². The average Bonchev–Trinajstić information content (AvgIpc) is 2.38. The molecule has 1 fully saturated rings. The van der Waals surface area contributed by atoms with Crippen molar-refractivity contribution in [3.63, 3.8) is 0 Å². The van der Waals surface area contributed by atoms with Gasteiger partial charge in [0.05, 0.1) is 5.56 Å². The minimum absolute atomic E-state index is 0.326. The number of benzene rings is 1. The molecule has 0 saturated heterocycles. The van der Waals surface area contributed by atoms with Gasteiger partial charge < -0.3 is 10.4 Å². The first kappa shape index (κ1) is 15.5. The van der Waals surface area contributed by atoms with Crippen LogP contribution in [0.3, 0.4) is 0 Å². The van der Waals surface area contributed by atoms with Gasteiger partial charge in [-0.05, 0) is 30.5 Å². The quantitative estimate of drug-likeness (QED) is 0.857. The monoisotopic (exact) mass is 339 g/mol. The Labute approximate surface area is 128 Å². The van der Waals surface area contributed by atoms with E-state index >= 15 is 0 Å². The van der Waals surface area contributed by atoms with Gasteiger partial charge in [0.15, 0.2) is 0 Å². The third-order valence-corrected chi connectivity index (χ3v) is 4.72. The molecule has 0 unspecified atom stereocenters. The lowest BCUT2D eigenvalue weighted by Gasteiger charge is -2.21. The van der Waals surface area contributed by atoms with E-state index in [1.165, 1.54) is 44.9 Å². The molecule has 0 spiro atoms. The van der Waals surface area contributed by atoms with E-state index in [4.69, 9.17) is 5.11 Å². The summed E-state index contributed by atoms with van der Waals surface area (Å²) < 4.78 is 0.871. The second kappa shape index (κ2) is 7.79. The van der Waals surface area contributed by atoms with Crippen LogP contribution in [-0.4, -0.2) is 17.1 Å². The molecular weight excluding hydrogens is 318 g/mol. The maximum absolute atomic E-state index is 10.9. The fraction of sp³-hybridized carbons (Fsp3) is 0.562. The van der Waals surface area contributed by atoms with Crippen molar-refractivity contribution in [3.8, 4) is 0 Å². The largest absolute Gasteiger partial charge is 0.478 e. The van der Waals surface area contributed by atoms with Gasteiger partial charge >= 0.3 is 5.97 Å². The van der Waals surface area contributed by atoms with Crippen LogP contribution in [0.4, 0.5) is 0 Å². The van der Waals surface area contributed by atoms with Crippen LogP contribution < -0.4 is 5.32 Å². The average molecular weight is 340 g/mol. The maximum Gasteiger partial charge on any atom is 0.335 e. The summed E-state index contributed by atoms with van der Waals surface area (Å²) in [6.45, 7) is 0.797. The Morgan fingerprint density at radius 1 is 1.20 bits per heavy atom. The molecule has 0 radical (unpaired) electrons. The Morgan fingerprint density at radius 3 is 2.45 bits per heavy atom. The summed E-state index contributed by atoms with van der Waals surface area (Å²) >= 11 is 3.47. The highest BCUT2D eigenvalue weighted by Gasteiger charge is 2.12. The molecule has 2 N–H and O–H groups in total. The molecule has 4 heteroatoms. The molecule has 3 nitrogen and oxygen atoms in total. The van der Waals surface area contributed by atoms with Crippen LogP contribution in [0, 0.1) is 0 Å². The zero-order valence-electron chi connectivity index (χ0n) is 11.7. The highest BCUT2D eigenvalue weighted by Crippen LogP contribution is 2.21. The maximum atomic E-state index is 10.9. The van der Waals surface area contributed by atoms with Crippen molar-refractivity contribution in [2.75, 3.05) is 0 Å². The fourth-order valence-electron chi connectivity index (χ4n) is 2.74. The Hall–Kier alpha value is -0.870. The predicted octanol–water partition coefficient (Wildman–Crippen LogP) is 4.35. The highest BCUT2D eigenvalue weighted by molar-refractivity contribution is 9.10. The Balaban J connectivity index is 1.91. The number of hydrogen-bond acceptors (Lipinski definition) is 2. The molecule has 110 valence electrons. The smallest absolute Gasteiger partial charge is 0.335 e. The van der Waals surface area contributed by atoms with Gasteiger partial charge in [-0.15, -0.1) is 0 Å². The predicted molar refractivity (Wildman–Crippen MR) is 84.0 cm³/mol. The van der Waals surface area contributed by atoms with Crippen molar-refractivity contribution >= 4 is 21.9 Å². The van der Waals surface area contributed by atoms with E-state index < -0.39 is 5.97 Å². The molecule has 1 aliphatic rings. The second-order valence-corrected chi connectivity index (χ2v) is 6.39. The van der Waals surface area contributed by atoms with E-state index in [9.17, 15) is 4.79 Å². The van der Waals surface area contributed by atoms with Crippen LogP contribution in [0.15, 0.2) is 22.7 Å². The summed E-state index contributed by atoms with van der Waals surface area (Å²) in [4.78, 5) is 10.9. The van der Waals surface area contributed by atoms with Gasteiger partial charge in [-0.3, -0.25) is 0 Å². The molecule has 1 aromatic carbocycles. The summed E-state index contributed by atoms with van der Waals surface area (Å²) in [6.07, 6.45) is 9.24. The molecule has 1 aromatic rings. The van der Waals surface area contributed by atoms with Crippen LogP contribution in [0.25, 0.3) is 0 Å². The number of halogens is 1. The summed E-state index contributed by atoms with van der Waals surface area (Å²) in [6, 6.07) is 5.84. The topological polar surface area (TPSA) is 49.3 Å². The van der Waals surface area contributed by atoms with E-state index in [1.807, 2.05) is 6.07 Å². The molecule has 0 heterocycles. The zero-order valence-corrected chi connectivity index (χ0v) is 13.3. The van der Waals surface area contributed by atoms with E-state index in [1.54, 1.807) is 12.1 Å². The Kier molecular flexibility index (Phi) is 6.05. The van der Waals surface area contributed by atoms with Gasteiger partial charge in [-0.1, -0.05) is 54.1 Å². The Morgan fingerprint density at radius 2 is 1.85 bits per heavy atom. The van der Waals surface area contributed by atoms with Crippen LogP contribution in [0.1, 0.15) is 60.9 Å². The first-order valence-electron chi connectivity index (χ1n) is 7.42. The number of aromatic carboxylic acids is 1. The SMILES string of the molecule is O=C(O)c1ccc(CNC2CCCCCCC2)c(Br)c1. The highest BCUT2D eigenvalue weighted by atomic mass is 79.9. The molecular formula is C16H22BrNO2. The number of nitrogens with one attached hydrogen (secondary N) is 1. The lowest BCUT2D eigenvalue weighted by molar-refractivity contribution is 0.0697. The minimum Gasteiger partial charge on any atom is -0.478 e. The summed E-state index contributed by atoms with van der Waals surface area (Å²) in [7, 11) is 0. The number of carboxylic acids is 1. The second-order valence-electron chi connectivity index (χ2n) is 5.53. The van der Waals surface area contributed by atoms with E-state index in [2.05, 4.69) is 21.2 Å². The van der Waals surface area contributed by atoms with Crippen molar-refractivity contribution < 1.29 is 9.90 Å². The van der Waals surface area contributed by atoms with Crippen molar-refractivity contribution in [3.05, 3.63) is 33.8 Å². The molecule has 1 aliphatic carbocycles. The normalized spacial score (nSPS) is 17.4. The van der Waals surface area contributed by atoms with Crippen molar-refractivity contribution in [1.82, 2.24) is 5.32 Å². The molecule has 0 amide bonds. The van der Waals surface area contributed by atoms with Gasteiger partial charge in [0, 0.05) is 17.1 Å². The number of carboxylic acid groups (broad SMARTS) is 1. The van der Waals surface area contributed by atoms with Crippen LogP contribution in [0.5, 0.6) is 0 Å². The summed E-state index contributed by atoms with van der Waals surface area (Å²) in [5, 5.41) is 12.6. The number of carbonyl (C=O) groups is 1. The standard InChI is InChI=1S/C16H22BrNO2/c17-15-10-12(16(19)20)8-9-13(15)11-18-14-6-4-2-1-3-5-7-14/h8-10,14,18H,1-7,11H2,(H,19,20). The van der Waals surface area contributed by atoms with Gasteiger partial charge in [-0.2, -0.15) is 0 Å². The molecule has 20 heavy (non-hydrogen) atoms. The van der Waals surface area contributed by atoms with E-state index in [0.717, 1.165) is 16.6 Å². The molecule has 0 aliphatic heterocycles. The molecule has 2 rings (SSSR count). The number of rotatable bonds is 4. The van der Waals surface area contributed by atoms with Crippen LogP contribution >= 0.6 is 15.9 Å². The zero-order chi connectivity index (χ0) is 14.4. The van der Waals surface area contributed by atoms with Gasteiger partial charge in [0.25, 0.3) is 0 Å². The molecule has 1 saturated carbocycles. The summed E-state index contributed by atoms with van der Waals surface area (Å²) in [5.41, 5.74) is 1.45. The summed E-state index contributed by atoms with van der Waals surface area (Å²) in [5.74, 6) is -0.884. The van der Waals surface area contributed by atoms with Gasteiger partial charge in [0.2, 0.25) is 0 Å². The van der Waals surface area contributed by atoms with Gasteiger partial charge in [0.1, 0.15) is 0 Å². The number of hydrogen-bond donors (Lipinski definition) is 2. The van der Waals surface area contributed by atoms with Crippen molar-refractivity contribution in [2.45, 2.75) is 57.5 Å².